The minimum absolute atomic E-state index is 0.675. The molecule has 1 saturated carbocycles. The SMILES string of the molecule is CC(C)C(=CC1CCOCC1)CNC1CC1. The highest BCUT2D eigenvalue weighted by molar-refractivity contribution is 5.10. The Morgan fingerprint density at radius 1 is 1.25 bits per heavy atom. The first-order valence-electron chi connectivity index (χ1n) is 6.77. The third kappa shape index (κ3) is 3.91. The van der Waals surface area contributed by atoms with Gasteiger partial charge in [-0.1, -0.05) is 25.5 Å². The highest BCUT2D eigenvalue weighted by atomic mass is 16.5. The molecule has 0 radical (unpaired) electrons. The quantitative estimate of drug-likeness (QED) is 0.724. The molecule has 1 aliphatic heterocycles. The molecule has 2 fully saturated rings. The van der Waals surface area contributed by atoms with E-state index in [2.05, 4.69) is 25.2 Å². The summed E-state index contributed by atoms with van der Waals surface area (Å²) in [7, 11) is 0. The van der Waals surface area contributed by atoms with Gasteiger partial charge in [-0.25, -0.2) is 0 Å². The van der Waals surface area contributed by atoms with Gasteiger partial charge in [0.25, 0.3) is 0 Å². The van der Waals surface area contributed by atoms with E-state index in [9.17, 15) is 0 Å². The molecule has 92 valence electrons. The molecule has 0 aromatic carbocycles. The summed E-state index contributed by atoms with van der Waals surface area (Å²) >= 11 is 0. The molecule has 0 spiro atoms. The molecule has 2 aliphatic rings. The highest BCUT2D eigenvalue weighted by Crippen LogP contribution is 2.23. The van der Waals surface area contributed by atoms with Crippen LogP contribution in [0.5, 0.6) is 0 Å². The molecule has 1 saturated heterocycles. The fraction of sp³-hybridized carbons (Fsp3) is 0.857. The Labute approximate surface area is 99.4 Å². The molecule has 2 rings (SSSR count). The Morgan fingerprint density at radius 2 is 1.94 bits per heavy atom. The zero-order chi connectivity index (χ0) is 11.4. The first kappa shape index (κ1) is 12.1. The fourth-order valence-electron chi connectivity index (χ4n) is 2.19. The van der Waals surface area contributed by atoms with Crippen molar-refractivity contribution in [1.82, 2.24) is 5.32 Å². The minimum atomic E-state index is 0.675. The van der Waals surface area contributed by atoms with Crippen LogP contribution < -0.4 is 5.32 Å². The average molecular weight is 223 g/mol. The van der Waals surface area contributed by atoms with E-state index in [0.717, 1.165) is 31.7 Å². The van der Waals surface area contributed by atoms with Crippen LogP contribution in [0.4, 0.5) is 0 Å². The van der Waals surface area contributed by atoms with E-state index in [1.54, 1.807) is 5.57 Å². The maximum absolute atomic E-state index is 5.41. The van der Waals surface area contributed by atoms with Crippen LogP contribution in [0.2, 0.25) is 0 Å². The molecule has 2 heteroatoms. The lowest BCUT2D eigenvalue weighted by molar-refractivity contribution is 0.0782. The molecule has 0 atom stereocenters. The molecule has 2 nitrogen and oxygen atoms in total. The number of hydrogen-bond acceptors (Lipinski definition) is 2. The number of allylic oxidation sites excluding steroid dienone is 1. The Morgan fingerprint density at radius 3 is 2.50 bits per heavy atom. The van der Waals surface area contributed by atoms with E-state index in [0.29, 0.717) is 5.92 Å². The molecule has 0 bridgehead atoms. The van der Waals surface area contributed by atoms with E-state index >= 15 is 0 Å². The Kier molecular flexibility index (Phi) is 4.42. The van der Waals surface area contributed by atoms with Crippen LogP contribution in [0.15, 0.2) is 11.6 Å². The van der Waals surface area contributed by atoms with Gasteiger partial charge in [-0.05, 0) is 37.5 Å². The van der Waals surface area contributed by atoms with E-state index in [4.69, 9.17) is 4.74 Å². The van der Waals surface area contributed by atoms with Gasteiger partial charge in [0.05, 0.1) is 0 Å². The zero-order valence-corrected chi connectivity index (χ0v) is 10.7. The van der Waals surface area contributed by atoms with Gasteiger partial charge in [0.1, 0.15) is 0 Å². The van der Waals surface area contributed by atoms with E-state index < -0.39 is 0 Å². The summed E-state index contributed by atoms with van der Waals surface area (Å²) in [5.41, 5.74) is 1.60. The molecule has 0 amide bonds. The van der Waals surface area contributed by atoms with Crippen LogP contribution in [-0.2, 0) is 4.74 Å². The number of ether oxygens (including phenoxy) is 1. The first-order valence-corrected chi connectivity index (χ1v) is 6.77. The Balaban J connectivity index is 1.84. The maximum Gasteiger partial charge on any atom is 0.0471 e. The van der Waals surface area contributed by atoms with Crippen LogP contribution in [-0.4, -0.2) is 25.8 Å². The lowest BCUT2D eigenvalue weighted by Crippen LogP contribution is -2.23. The molecule has 1 aliphatic carbocycles. The van der Waals surface area contributed by atoms with Crippen molar-refractivity contribution < 1.29 is 4.74 Å². The van der Waals surface area contributed by atoms with Crippen LogP contribution in [0, 0.1) is 11.8 Å². The third-order valence-corrected chi connectivity index (χ3v) is 3.63. The Hall–Kier alpha value is -0.340. The predicted molar refractivity (Wildman–Crippen MR) is 67.5 cm³/mol. The van der Waals surface area contributed by atoms with Gasteiger partial charge in [0.2, 0.25) is 0 Å². The summed E-state index contributed by atoms with van der Waals surface area (Å²) in [6, 6.07) is 0.817. The minimum Gasteiger partial charge on any atom is -0.381 e. The Bertz CT molecular complexity index is 237. The summed E-state index contributed by atoms with van der Waals surface area (Å²) in [6.45, 7) is 7.60. The molecule has 0 unspecified atom stereocenters. The summed E-state index contributed by atoms with van der Waals surface area (Å²) in [5.74, 6) is 1.43. The lowest BCUT2D eigenvalue weighted by Gasteiger charge is -2.22. The van der Waals surface area contributed by atoms with Gasteiger partial charge in [0.15, 0.2) is 0 Å². The molecule has 0 aromatic rings. The second-order valence-electron chi connectivity index (χ2n) is 5.50. The van der Waals surface area contributed by atoms with Gasteiger partial charge in [-0.15, -0.1) is 0 Å². The number of nitrogens with one attached hydrogen (secondary N) is 1. The average Bonchev–Trinajstić information content (AvgIpc) is 3.09. The summed E-state index contributed by atoms with van der Waals surface area (Å²) < 4.78 is 5.41. The molecular weight excluding hydrogens is 198 g/mol. The van der Waals surface area contributed by atoms with E-state index in [1.807, 2.05) is 0 Å². The van der Waals surface area contributed by atoms with Gasteiger partial charge >= 0.3 is 0 Å². The largest absolute Gasteiger partial charge is 0.381 e. The zero-order valence-electron chi connectivity index (χ0n) is 10.7. The van der Waals surface area contributed by atoms with Crippen LogP contribution in [0.25, 0.3) is 0 Å². The molecule has 0 aromatic heterocycles. The van der Waals surface area contributed by atoms with E-state index in [1.165, 1.54) is 25.7 Å². The maximum atomic E-state index is 5.41. The predicted octanol–water partition coefficient (Wildman–Crippen LogP) is 2.75. The van der Waals surface area contributed by atoms with Crippen molar-refractivity contribution in [2.75, 3.05) is 19.8 Å². The first-order chi connectivity index (χ1) is 7.75. The van der Waals surface area contributed by atoms with Crippen molar-refractivity contribution in [3.8, 4) is 0 Å². The van der Waals surface area contributed by atoms with Gasteiger partial charge in [-0.3, -0.25) is 0 Å². The second-order valence-corrected chi connectivity index (χ2v) is 5.50. The summed E-state index contributed by atoms with van der Waals surface area (Å²) in [6.07, 6.45) is 7.69. The third-order valence-electron chi connectivity index (χ3n) is 3.63. The topological polar surface area (TPSA) is 21.3 Å². The van der Waals surface area contributed by atoms with Gasteiger partial charge < -0.3 is 10.1 Å². The van der Waals surface area contributed by atoms with Crippen LogP contribution in [0.3, 0.4) is 0 Å². The molecule has 1 heterocycles. The van der Waals surface area contributed by atoms with Crippen LogP contribution in [0.1, 0.15) is 39.5 Å². The number of rotatable bonds is 5. The lowest BCUT2D eigenvalue weighted by atomic mass is 9.93. The van der Waals surface area contributed by atoms with Crippen molar-refractivity contribution in [2.45, 2.75) is 45.6 Å². The van der Waals surface area contributed by atoms with Gasteiger partial charge in [0, 0.05) is 25.8 Å². The van der Waals surface area contributed by atoms with Gasteiger partial charge in [-0.2, -0.15) is 0 Å². The summed E-state index contributed by atoms with van der Waals surface area (Å²) in [5, 5.41) is 3.63. The monoisotopic (exact) mass is 223 g/mol. The van der Waals surface area contributed by atoms with Crippen molar-refractivity contribution in [3.05, 3.63) is 11.6 Å². The van der Waals surface area contributed by atoms with Crippen molar-refractivity contribution >= 4 is 0 Å². The molecular formula is C14H25NO. The second kappa shape index (κ2) is 5.83. The normalized spacial score (nSPS) is 24.1. The van der Waals surface area contributed by atoms with Crippen molar-refractivity contribution in [1.29, 1.82) is 0 Å². The molecule has 16 heavy (non-hydrogen) atoms. The smallest absolute Gasteiger partial charge is 0.0471 e. The van der Waals surface area contributed by atoms with Crippen molar-refractivity contribution in [2.24, 2.45) is 11.8 Å². The fourth-order valence-corrected chi connectivity index (χ4v) is 2.19. The van der Waals surface area contributed by atoms with Crippen molar-refractivity contribution in [3.63, 3.8) is 0 Å². The highest BCUT2D eigenvalue weighted by Gasteiger charge is 2.21. The molecule has 1 N–H and O–H groups in total. The number of hydrogen-bond donors (Lipinski definition) is 1. The van der Waals surface area contributed by atoms with E-state index in [-0.39, 0.29) is 0 Å². The summed E-state index contributed by atoms with van der Waals surface area (Å²) in [4.78, 5) is 0. The van der Waals surface area contributed by atoms with Crippen LogP contribution >= 0.6 is 0 Å². The standard InChI is InChI=1S/C14H25NO/c1-11(2)13(10-15-14-3-4-14)9-12-5-7-16-8-6-12/h9,11-12,14-15H,3-8,10H2,1-2H3.